The van der Waals surface area contributed by atoms with E-state index in [-0.39, 0.29) is 11.3 Å². The average molecular weight is 283 g/mol. The molecule has 0 aromatic heterocycles. The highest BCUT2D eigenvalue weighted by Gasteiger charge is 2.43. The van der Waals surface area contributed by atoms with Crippen molar-refractivity contribution in [2.24, 2.45) is 0 Å². The van der Waals surface area contributed by atoms with E-state index in [2.05, 4.69) is 6.66 Å². The van der Waals surface area contributed by atoms with Gasteiger partial charge in [0, 0.05) is 15.0 Å². The number of rotatable bonds is 4. The maximum absolute atomic E-state index is 12.5. The van der Waals surface area contributed by atoms with E-state index in [0.29, 0.717) is 8.42 Å². The second kappa shape index (κ2) is 5.55. The standard InChI is InChI=1S/C13H19NO2P2/c1-13(7-8-14(12(13)15)18-17-3)10-5-4-6-11(9-10)16-2/h4-6,9,17-18H,7-8H2,1-3H3/t13-/m0/s1. The normalized spacial score (nSPS) is 24.8. The lowest BCUT2D eigenvalue weighted by atomic mass is 9.81. The predicted octanol–water partition coefficient (Wildman–Crippen LogP) is 3.00. The molecule has 2 unspecified atom stereocenters. The molecule has 18 heavy (non-hydrogen) atoms. The van der Waals surface area contributed by atoms with E-state index in [1.807, 2.05) is 35.9 Å². The van der Waals surface area contributed by atoms with Crippen LogP contribution >= 0.6 is 16.7 Å². The average Bonchev–Trinajstić information content (AvgIpc) is 2.69. The van der Waals surface area contributed by atoms with Crippen molar-refractivity contribution in [2.75, 3.05) is 20.3 Å². The third-order valence-corrected chi connectivity index (χ3v) is 5.91. The molecule has 1 aromatic rings. The lowest BCUT2D eigenvalue weighted by molar-refractivity contribution is -0.127. The topological polar surface area (TPSA) is 29.5 Å². The third kappa shape index (κ3) is 2.39. The van der Waals surface area contributed by atoms with Crippen LogP contribution in [0.1, 0.15) is 18.9 Å². The summed E-state index contributed by atoms with van der Waals surface area (Å²) < 4.78 is 7.26. The van der Waals surface area contributed by atoms with E-state index in [1.165, 1.54) is 0 Å². The van der Waals surface area contributed by atoms with E-state index >= 15 is 0 Å². The SMILES string of the molecule is COc1cccc([C@]2(C)CCN(PPC)C2=O)c1. The van der Waals surface area contributed by atoms with Gasteiger partial charge in [-0.05, 0) is 37.7 Å². The van der Waals surface area contributed by atoms with E-state index < -0.39 is 0 Å². The highest BCUT2D eigenvalue weighted by Crippen LogP contribution is 2.46. The molecule has 0 bridgehead atoms. The van der Waals surface area contributed by atoms with Gasteiger partial charge in [-0.3, -0.25) is 4.79 Å². The van der Waals surface area contributed by atoms with Gasteiger partial charge < -0.3 is 9.41 Å². The Labute approximate surface area is 112 Å². The molecule has 1 amide bonds. The van der Waals surface area contributed by atoms with Crippen LogP contribution in [0.15, 0.2) is 24.3 Å². The van der Waals surface area contributed by atoms with Crippen molar-refractivity contribution in [2.45, 2.75) is 18.8 Å². The number of hydrogen-bond donors (Lipinski definition) is 0. The molecule has 2 rings (SSSR count). The molecule has 1 aliphatic rings. The molecule has 0 spiro atoms. The summed E-state index contributed by atoms with van der Waals surface area (Å²) in [5.74, 6) is 1.09. The van der Waals surface area contributed by atoms with Crippen molar-refractivity contribution in [1.82, 2.24) is 4.67 Å². The summed E-state index contributed by atoms with van der Waals surface area (Å²) in [4.78, 5) is 12.5. The van der Waals surface area contributed by atoms with Crippen molar-refractivity contribution < 1.29 is 9.53 Å². The zero-order valence-electron chi connectivity index (χ0n) is 11.0. The minimum atomic E-state index is -0.374. The summed E-state index contributed by atoms with van der Waals surface area (Å²) in [6.45, 7) is 5.08. The predicted molar refractivity (Wildman–Crippen MR) is 79.2 cm³/mol. The number of carbonyl (C=O) groups is 1. The van der Waals surface area contributed by atoms with Crippen LogP contribution < -0.4 is 4.74 Å². The molecule has 1 aromatic carbocycles. The van der Waals surface area contributed by atoms with Gasteiger partial charge in [-0.2, -0.15) is 0 Å². The Kier molecular flexibility index (Phi) is 4.25. The number of hydrogen-bond acceptors (Lipinski definition) is 2. The number of ether oxygens (including phenoxy) is 1. The van der Waals surface area contributed by atoms with Crippen LogP contribution in [0.3, 0.4) is 0 Å². The second-order valence-corrected chi connectivity index (χ2v) is 8.07. The van der Waals surface area contributed by atoms with Gasteiger partial charge in [-0.15, -0.1) is 0 Å². The summed E-state index contributed by atoms with van der Waals surface area (Å²) in [6, 6.07) is 7.89. The first-order chi connectivity index (χ1) is 8.61. The summed E-state index contributed by atoms with van der Waals surface area (Å²) >= 11 is 0. The number of methoxy groups -OCH3 is 1. The first-order valence-electron chi connectivity index (χ1n) is 6.00. The fourth-order valence-corrected chi connectivity index (χ4v) is 4.61. The molecule has 1 heterocycles. The van der Waals surface area contributed by atoms with Crippen molar-refractivity contribution in [3.05, 3.63) is 29.8 Å². The van der Waals surface area contributed by atoms with Crippen LogP contribution in [0.2, 0.25) is 0 Å². The second-order valence-electron chi connectivity index (χ2n) is 4.63. The Morgan fingerprint density at radius 3 is 2.89 bits per heavy atom. The summed E-state index contributed by atoms with van der Waals surface area (Å²) in [7, 11) is 3.11. The highest BCUT2D eigenvalue weighted by molar-refractivity contribution is 8.10. The van der Waals surface area contributed by atoms with Gasteiger partial charge in [0.1, 0.15) is 5.75 Å². The van der Waals surface area contributed by atoms with Crippen molar-refractivity contribution in [3.63, 3.8) is 0 Å². The van der Waals surface area contributed by atoms with Crippen LogP contribution in [0.5, 0.6) is 5.75 Å². The molecular weight excluding hydrogens is 264 g/mol. The van der Waals surface area contributed by atoms with Crippen LogP contribution in [-0.4, -0.2) is 30.9 Å². The minimum Gasteiger partial charge on any atom is -0.497 e. The molecular formula is C13H19NO2P2. The van der Waals surface area contributed by atoms with E-state index in [0.717, 1.165) is 32.5 Å². The molecule has 1 fully saturated rings. The molecule has 0 radical (unpaired) electrons. The van der Waals surface area contributed by atoms with E-state index in [4.69, 9.17) is 4.74 Å². The Bertz CT molecular complexity index is 452. The van der Waals surface area contributed by atoms with Gasteiger partial charge in [0.2, 0.25) is 5.91 Å². The molecule has 1 aliphatic heterocycles. The van der Waals surface area contributed by atoms with Gasteiger partial charge in [0.25, 0.3) is 0 Å². The molecule has 3 nitrogen and oxygen atoms in total. The first-order valence-corrected chi connectivity index (χ1v) is 9.45. The Hall–Kier alpha value is -0.650. The summed E-state index contributed by atoms with van der Waals surface area (Å²) in [5, 5.41) is 0. The monoisotopic (exact) mass is 283 g/mol. The van der Waals surface area contributed by atoms with Gasteiger partial charge in [0.05, 0.1) is 12.5 Å². The lowest BCUT2D eigenvalue weighted by Crippen LogP contribution is -2.31. The molecule has 98 valence electrons. The third-order valence-electron chi connectivity index (χ3n) is 3.51. The van der Waals surface area contributed by atoms with Crippen molar-refractivity contribution in [1.29, 1.82) is 0 Å². The number of carbonyl (C=O) groups excluding carboxylic acids is 1. The molecule has 0 aliphatic carbocycles. The quantitative estimate of drug-likeness (QED) is 0.795. The smallest absolute Gasteiger partial charge is 0.236 e. The first kappa shape index (κ1) is 13.8. The largest absolute Gasteiger partial charge is 0.497 e. The Morgan fingerprint density at radius 1 is 1.44 bits per heavy atom. The van der Waals surface area contributed by atoms with Crippen LogP contribution in [0.4, 0.5) is 0 Å². The van der Waals surface area contributed by atoms with Gasteiger partial charge >= 0.3 is 0 Å². The fourth-order valence-electron chi connectivity index (χ4n) is 2.32. The van der Waals surface area contributed by atoms with Gasteiger partial charge in [-0.25, -0.2) is 0 Å². The zero-order valence-corrected chi connectivity index (χ0v) is 13.0. The van der Waals surface area contributed by atoms with Gasteiger partial charge in [0.15, 0.2) is 0 Å². The highest BCUT2D eigenvalue weighted by atomic mass is 32.0. The van der Waals surface area contributed by atoms with E-state index in [1.54, 1.807) is 7.11 Å². The number of benzene rings is 1. The maximum Gasteiger partial charge on any atom is 0.236 e. The fraction of sp³-hybridized carbons (Fsp3) is 0.462. The van der Waals surface area contributed by atoms with Crippen molar-refractivity contribution in [3.8, 4) is 5.75 Å². The molecule has 5 heteroatoms. The van der Waals surface area contributed by atoms with Crippen LogP contribution in [0, 0.1) is 0 Å². The molecule has 3 atom stereocenters. The van der Waals surface area contributed by atoms with E-state index in [9.17, 15) is 4.79 Å². The Balaban J connectivity index is 2.28. The maximum atomic E-state index is 12.5. The zero-order chi connectivity index (χ0) is 13.2. The lowest BCUT2D eigenvalue weighted by Gasteiger charge is -2.24. The number of amides is 1. The molecule has 1 saturated heterocycles. The molecule has 0 saturated carbocycles. The van der Waals surface area contributed by atoms with Crippen LogP contribution in [-0.2, 0) is 10.2 Å². The minimum absolute atomic E-state index is 0.267. The Morgan fingerprint density at radius 2 is 2.22 bits per heavy atom. The summed E-state index contributed by atoms with van der Waals surface area (Å²) in [5.41, 5.74) is 0.694. The number of nitrogens with zero attached hydrogens (tertiary/aromatic N) is 1. The van der Waals surface area contributed by atoms with Gasteiger partial charge in [-0.1, -0.05) is 20.4 Å². The molecule has 0 N–H and O–H groups in total. The van der Waals surface area contributed by atoms with Crippen LogP contribution in [0.25, 0.3) is 0 Å². The summed E-state index contributed by atoms with van der Waals surface area (Å²) in [6.07, 6.45) is 0.899. The van der Waals surface area contributed by atoms with Crippen molar-refractivity contribution >= 4 is 22.6 Å².